The summed E-state index contributed by atoms with van der Waals surface area (Å²) >= 11 is 7.64. The average molecular weight is 537 g/mol. The minimum absolute atomic E-state index is 0.00802. The first kappa shape index (κ1) is 27.2. The first-order chi connectivity index (χ1) is 15.9. The van der Waals surface area contributed by atoms with E-state index in [1.165, 1.54) is 12.7 Å². The standard InChI is InChI=1S/C19H28ClN5O7PS/c1-10(32-33(29)30-5-6-34-17(28)18(2,3)7-26)12-13(27)19(4,20)16(31-12)25-9-24-11-14(21)22-8-23-15(11)25/h8-10,12-13,16,26-27H,5-7H2,1-4H3,(H2,21,22,23)/q+1/t10-,12+,13+,16+,19+/m0/s1. The van der Waals surface area contributed by atoms with Gasteiger partial charge in [-0.2, -0.15) is 0 Å². The van der Waals surface area contributed by atoms with Crippen molar-refractivity contribution >= 4 is 53.7 Å². The van der Waals surface area contributed by atoms with Crippen LogP contribution < -0.4 is 5.73 Å². The van der Waals surface area contributed by atoms with Gasteiger partial charge in [-0.25, -0.2) is 15.0 Å². The number of carbonyl (C=O) groups excluding carboxylic acids is 1. The van der Waals surface area contributed by atoms with Crippen molar-refractivity contribution in [3.05, 3.63) is 12.7 Å². The van der Waals surface area contributed by atoms with Crippen LogP contribution in [-0.2, 0) is 23.1 Å². The maximum Gasteiger partial charge on any atom is 0.697 e. The number of nitrogens with zero attached hydrogens (tertiary/aromatic N) is 4. The van der Waals surface area contributed by atoms with Crippen molar-refractivity contribution in [2.75, 3.05) is 24.7 Å². The number of nitrogens with two attached hydrogens (primary N) is 1. The number of anilines is 1. The van der Waals surface area contributed by atoms with Crippen LogP contribution in [0.5, 0.6) is 0 Å². The third-order valence-corrected chi connectivity index (χ3v) is 7.97. The minimum atomic E-state index is -2.55. The van der Waals surface area contributed by atoms with E-state index in [1.807, 2.05) is 0 Å². The molecule has 15 heteroatoms. The van der Waals surface area contributed by atoms with Gasteiger partial charge in [0.25, 0.3) is 0 Å². The molecule has 2 aromatic heterocycles. The molecule has 1 fully saturated rings. The molecule has 0 saturated carbocycles. The maximum atomic E-state index is 12.3. The third kappa shape index (κ3) is 5.52. The molecule has 12 nitrogen and oxygen atoms in total. The van der Waals surface area contributed by atoms with E-state index in [-0.39, 0.29) is 29.9 Å². The average Bonchev–Trinajstić information content (AvgIpc) is 3.30. The van der Waals surface area contributed by atoms with Gasteiger partial charge in [-0.3, -0.25) is 9.36 Å². The quantitative estimate of drug-likeness (QED) is 0.229. The van der Waals surface area contributed by atoms with Gasteiger partial charge in [0.1, 0.15) is 41.6 Å². The molecule has 0 spiro atoms. The first-order valence-electron chi connectivity index (χ1n) is 10.4. The molecular weight excluding hydrogens is 509 g/mol. The SMILES string of the molecule is C[C@H](O[P+](=O)OCCSC(=O)C(C)(C)CO)[C@H]1O[C@@H](n2cnc3c(N)ncnc32)[C@](C)(Cl)[C@@H]1O. The molecule has 4 N–H and O–H groups in total. The molecule has 0 aromatic carbocycles. The van der Waals surface area contributed by atoms with Crippen molar-refractivity contribution < 1.29 is 33.4 Å². The number of hydrogen-bond acceptors (Lipinski definition) is 12. The lowest BCUT2D eigenvalue weighted by atomic mass is 9.97. The second kappa shape index (κ2) is 10.7. The number of ether oxygens (including phenoxy) is 1. The molecule has 1 aliphatic heterocycles. The van der Waals surface area contributed by atoms with Crippen LogP contribution in [0, 0.1) is 5.41 Å². The van der Waals surface area contributed by atoms with E-state index < -0.39 is 43.1 Å². The number of rotatable bonds is 10. The second-order valence-electron chi connectivity index (χ2n) is 8.68. The molecule has 1 aliphatic rings. The smallest absolute Gasteiger partial charge is 0.395 e. The Morgan fingerprint density at radius 2 is 2.18 bits per heavy atom. The number of alkyl halides is 1. The summed E-state index contributed by atoms with van der Waals surface area (Å²) in [6, 6.07) is 0. The predicted octanol–water partition coefficient (Wildman–Crippen LogP) is 2.02. The van der Waals surface area contributed by atoms with Crippen LogP contribution in [0.4, 0.5) is 5.82 Å². The number of imidazole rings is 1. The summed E-state index contributed by atoms with van der Waals surface area (Å²) in [7, 11) is -2.55. The van der Waals surface area contributed by atoms with Crippen molar-refractivity contribution in [3.63, 3.8) is 0 Å². The fourth-order valence-electron chi connectivity index (χ4n) is 3.30. The van der Waals surface area contributed by atoms with E-state index in [9.17, 15) is 19.6 Å². The number of hydrogen-bond donors (Lipinski definition) is 3. The normalized spacial score (nSPS) is 26.7. The second-order valence-corrected chi connectivity index (χ2v) is 11.5. The zero-order chi connectivity index (χ0) is 25.3. The Labute approximate surface area is 206 Å². The Bertz CT molecular complexity index is 1060. The van der Waals surface area contributed by atoms with E-state index >= 15 is 0 Å². The Kier molecular flexibility index (Phi) is 8.52. The summed E-state index contributed by atoms with van der Waals surface area (Å²) < 4.78 is 30.4. The molecule has 1 saturated heterocycles. The summed E-state index contributed by atoms with van der Waals surface area (Å²) in [5.41, 5.74) is 5.73. The molecule has 0 bridgehead atoms. The number of thioether (sulfide) groups is 1. The fraction of sp³-hybridized carbons (Fsp3) is 0.684. The number of fused-ring (bicyclic) bond motifs is 1. The molecule has 0 aliphatic carbocycles. The van der Waals surface area contributed by atoms with Gasteiger partial charge in [-0.1, -0.05) is 11.8 Å². The highest BCUT2D eigenvalue weighted by Crippen LogP contribution is 2.46. The van der Waals surface area contributed by atoms with Crippen molar-refractivity contribution in [1.29, 1.82) is 0 Å². The van der Waals surface area contributed by atoms with Crippen molar-refractivity contribution in [3.8, 4) is 0 Å². The number of carbonyl (C=O) groups is 1. The number of aliphatic hydroxyl groups excluding tert-OH is 2. The van der Waals surface area contributed by atoms with Crippen LogP contribution in [0.15, 0.2) is 12.7 Å². The highest BCUT2D eigenvalue weighted by Gasteiger charge is 2.56. The van der Waals surface area contributed by atoms with Gasteiger partial charge in [0.2, 0.25) is 0 Å². The summed E-state index contributed by atoms with van der Waals surface area (Å²) in [5, 5.41) is 19.9. The first-order valence-corrected chi connectivity index (χ1v) is 12.9. The highest BCUT2D eigenvalue weighted by atomic mass is 35.5. The van der Waals surface area contributed by atoms with Gasteiger partial charge in [-0.15, -0.1) is 20.6 Å². The Morgan fingerprint density at radius 1 is 1.47 bits per heavy atom. The van der Waals surface area contributed by atoms with Crippen molar-refractivity contribution in [2.45, 2.75) is 57.1 Å². The van der Waals surface area contributed by atoms with E-state index in [4.69, 9.17) is 31.1 Å². The van der Waals surface area contributed by atoms with Gasteiger partial charge in [0, 0.05) is 10.3 Å². The maximum absolute atomic E-state index is 12.3. The van der Waals surface area contributed by atoms with Crippen molar-refractivity contribution in [2.24, 2.45) is 5.41 Å². The lowest BCUT2D eigenvalue weighted by molar-refractivity contribution is -0.119. The van der Waals surface area contributed by atoms with E-state index in [2.05, 4.69) is 15.0 Å². The molecule has 6 atom stereocenters. The van der Waals surface area contributed by atoms with Gasteiger partial charge in [-0.05, 0) is 27.7 Å². The molecule has 188 valence electrons. The Balaban J connectivity index is 1.59. The Morgan fingerprint density at radius 3 is 2.85 bits per heavy atom. The van der Waals surface area contributed by atoms with Crippen LogP contribution in [0.3, 0.4) is 0 Å². The number of aromatic nitrogens is 4. The van der Waals surface area contributed by atoms with Crippen LogP contribution in [-0.4, -0.2) is 77.0 Å². The van der Waals surface area contributed by atoms with E-state index in [1.54, 1.807) is 32.3 Å². The molecule has 0 radical (unpaired) electrons. The summed E-state index contributed by atoms with van der Waals surface area (Å²) in [6.45, 7) is 6.17. The third-order valence-electron chi connectivity index (χ3n) is 5.47. The van der Waals surface area contributed by atoms with Crippen molar-refractivity contribution in [1.82, 2.24) is 19.5 Å². The molecule has 3 rings (SSSR count). The molecular formula is C19H28ClN5O7PS+. The van der Waals surface area contributed by atoms with Gasteiger partial charge >= 0.3 is 8.25 Å². The molecule has 2 aromatic rings. The minimum Gasteiger partial charge on any atom is -0.395 e. The molecule has 1 unspecified atom stereocenters. The predicted molar refractivity (Wildman–Crippen MR) is 126 cm³/mol. The van der Waals surface area contributed by atoms with Crippen LogP contribution in [0.2, 0.25) is 0 Å². The molecule has 34 heavy (non-hydrogen) atoms. The van der Waals surface area contributed by atoms with Crippen LogP contribution in [0.1, 0.15) is 33.9 Å². The number of halogens is 1. The topological polar surface area (TPSA) is 172 Å². The fourth-order valence-corrected chi connectivity index (χ4v) is 5.21. The van der Waals surface area contributed by atoms with E-state index in [0.717, 1.165) is 11.8 Å². The van der Waals surface area contributed by atoms with Gasteiger partial charge < -0.3 is 20.7 Å². The van der Waals surface area contributed by atoms with Crippen LogP contribution in [0.25, 0.3) is 11.2 Å². The van der Waals surface area contributed by atoms with E-state index in [0.29, 0.717) is 11.2 Å². The van der Waals surface area contributed by atoms with Crippen LogP contribution >= 0.6 is 31.6 Å². The molecule has 0 amide bonds. The summed E-state index contributed by atoms with van der Waals surface area (Å²) in [4.78, 5) is 23.0. The summed E-state index contributed by atoms with van der Waals surface area (Å²) in [6.07, 6.45) is -1.12. The monoisotopic (exact) mass is 536 g/mol. The summed E-state index contributed by atoms with van der Waals surface area (Å²) in [5.74, 6) is 0.435. The zero-order valence-electron chi connectivity index (χ0n) is 19.1. The zero-order valence-corrected chi connectivity index (χ0v) is 21.6. The lowest BCUT2D eigenvalue weighted by Crippen LogP contribution is -2.42. The largest absolute Gasteiger partial charge is 0.697 e. The van der Waals surface area contributed by atoms with Gasteiger partial charge in [0.05, 0.1) is 18.3 Å². The number of nitrogen functional groups attached to an aromatic ring is 1. The molecule has 3 heterocycles. The highest BCUT2D eigenvalue weighted by molar-refractivity contribution is 8.13. The Hall–Kier alpha value is -1.44. The van der Waals surface area contributed by atoms with Gasteiger partial charge in [0.15, 0.2) is 22.8 Å². The number of aliphatic hydroxyl groups is 2. The lowest BCUT2D eigenvalue weighted by Gasteiger charge is -2.26.